The molecule has 3 aliphatic rings. The number of carbonyl (C=O) groups excluding carboxylic acids is 3. The fourth-order valence-electron chi connectivity index (χ4n) is 4.32. The van der Waals surface area contributed by atoms with Crippen LogP contribution in [0.4, 0.5) is 5.69 Å². The third-order valence-corrected chi connectivity index (χ3v) is 5.91. The number of likely N-dealkylation sites (N-methyl/N-ethyl adjacent to an activating group) is 1. The monoisotopic (exact) mass is 370 g/mol. The topological polar surface area (TPSA) is 64.2 Å². The molecule has 7 nitrogen and oxygen atoms in total. The molecule has 4 rings (SSSR count). The Morgan fingerprint density at radius 3 is 2.48 bits per heavy atom. The molecule has 0 aliphatic carbocycles. The zero-order chi connectivity index (χ0) is 19.0. The van der Waals surface area contributed by atoms with Crippen LogP contribution in [0, 0.1) is 0 Å². The van der Waals surface area contributed by atoms with E-state index in [4.69, 9.17) is 0 Å². The molecule has 3 aliphatic heterocycles. The minimum absolute atomic E-state index is 0.145. The third-order valence-electron chi connectivity index (χ3n) is 5.91. The Bertz CT molecular complexity index is 757. The summed E-state index contributed by atoms with van der Waals surface area (Å²) in [5.74, 6) is -0.643. The van der Waals surface area contributed by atoms with Crippen molar-refractivity contribution in [3.8, 4) is 0 Å². The van der Waals surface area contributed by atoms with E-state index >= 15 is 0 Å². The lowest BCUT2D eigenvalue weighted by atomic mass is 10.1. The zero-order valence-corrected chi connectivity index (χ0v) is 15.8. The second-order valence-corrected chi connectivity index (χ2v) is 7.45. The predicted octanol–water partition coefficient (Wildman–Crippen LogP) is 0.802. The van der Waals surface area contributed by atoms with E-state index in [9.17, 15) is 14.4 Å². The van der Waals surface area contributed by atoms with Crippen molar-refractivity contribution < 1.29 is 14.4 Å². The highest BCUT2D eigenvalue weighted by molar-refractivity contribution is 6.22. The lowest BCUT2D eigenvalue weighted by molar-refractivity contribution is -0.129. The molecule has 27 heavy (non-hydrogen) atoms. The van der Waals surface area contributed by atoms with E-state index in [1.807, 2.05) is 0 Å². The van der Waals surface area contributed by atoms with Gasteiger partial charge in [-0.15, -0.1) is 0 Å². The largest absolute Gasteiger partial charge is 0.327 e. The molecule has 144 valence electrons. The van der Waals surface area contributed by atoms with Gasteiger partial charge in [0.2, 0.25) is 5.91 Å². The van der Waals surface area contributed by atoms with Gasteiger partial charge < -0.3 is 9.80 Å². The maximum absolute atomic E-state index is 13.2. The number of nitrogens with zero attached hydrogens (tertiary/aromatic N) is 4. The molecule has 3 heterocycles. The highest BCUT2D eigenvalue weighted by atomic mass is 16.2. The van der Waals surface area contributed by atoms with Crippen molar-refractivity contribution in [2.75, 3.05) is 50.7 Å². The van der Waals surface area contributed by atoms with Gasteiger partial charge in [0.05, 0.1) is 17.8 Å². The summed E-state index contributed by atoms with van der Waals surface area (Å²) in [5, 5.41) is 0. The molecule has 0 N–H and O–H groups in total. The number of piperazine rings is 1. The van der Waals surface area contributed by atoms with Crippen LogP contribution in [-0.2, 0) is 9.59 Å². The van der Waals surface area contributed by atoms with Crippen LogP contribution >= 0.6 is 0 Å². The van der Waals surface area contributed by atoms with Gasteiger partial charge in [0, 0.05) is 32.7 Å². The van der Waals surface area contributed by atoms with E-state index < -0.39 is 6.04 Å². The molecule has 1 aromatic rings. The number of anilines is 1. The number of rotatable bonds is 3. The number of hydrogen-bond donors (Lipinski definition) is 0. The number of fused-ring (bicyclic) bond motifs is 2. The third kappa shape index (κ3) is 3.26. The van der Waals surface area contributed by atoms with E-state index in [0.717, 1.165) is 39.1 Å². The van der Waals surface area contributed by atoms with Crippen LogP contribution < -0.4 is 4.90 Å². The SMILES string of the molecule is CCN1CCN(CC(=O)N2C(=O)[C@@H]3CCCN3C(=O)c3ccccc32)CC1. The molecule has 0 unspecified atom stereocenters. The van der Waals surface area contributed by atoms with Crippen LogP contribution in [0.25, 0.3) is 0 Å². The number of hydrogen-bond acceptors (Lipinski definition) is 5. The normalized spacial score (nSPS) is 24.0. The summed E-state index contributed by atoms with van der Waals surface area (Å²) in [7, 11) is 0. The van der Waals surface area contributed by atoms with Crippen molar-refractivity contribution in [1.82, 2.24) is 14.7 Å². The number of amides is 3. The molecule has 2 saturated heterocycles. The summed E-state index contributed by atoms with van der Waals surface area (Å²) in [6.45, 7) is 7.43. The first kappa shape index (κ1) is 18.1. The molecular formula is C20H26N4O3. The second-order valence-electron chi connectivity index (χ2n) is 7.45. The molecule has 1 aromatic carbocycles. The first-order chi connectivity index (χ1) is 13.1. The van der Waals surface area contributed by atoms with Crippen molar-refractivity contribution >= 4 is 23.4 Å². The summed E-state index contributed by atoms with van der Waals surface area (Å²) in [6, 6.07) is 6.46. The van der Waals surface area contributed by atoms with Gasteiger partial charge in [-0.2, -0.15) is 0 Å². The highest BCUT2D eigenvalue weighted by Crippen LogP contribution is 2.32. The molecule has 0 radical (unpaired) electrons. The maximum atomic E-state index is 13.2. The molecule has 1 atom stereocenters. The van der Waals surface area contributed by atoms with E-state index in [-0.39, 0.29) is 24.3 Å². The minimum atomic E-state index is -0.522. The maximum Gasteiger partial charge on any atom is 0.256 e. The van der Waals surface area contributed by atoms with Gasteiger partial charge in [-0.25, -0.2) is 4.90 Å². The van der Waals surface area contributed by atoms with Gasteiger partial charge in [0.25, 0.3) is 11.8 Å². The van der Waals surface area contributed by atoms with Crippen molar-refractivity contribution in [2.45, 2.75) is 25.8 Å². The number of imide groups is 1. The molecule has 0 saturated carbocycles. The number of para-hydroxylation sites is 1. The van der Waals surface area contributed by atoms with Gasteiger partial charge in [-0.1, -0.05) is 19.1 Å². The van der Waals surface area contributed by atoms with Gasteiger partial charge in [-0.3, -0.25) is 19.3 Å². The predicted molar refractivity (Wildman–Crippen MR) is 102 cm³/mol. The van der Waals surface area contributed by atoms with E-state index in [2.05, 4.69) is 16.7 Å². The Hall–Kier alpha value is -2.25. The summed E-state index contributed by atoms with van der Waals surface area (Å²) in [6.07, 6.45) is 1.42. The van der Waals surface area contributed by atoms with E-state index in [1.54, 1.807) is 29.2 Å². The van der Waals surface area contributed by atoms with Crippen molar-refractivity contribution in [3.63, 3.8) is 0 Å². The first-order valence-electron chi connectivity index (χ1n) is 9.81. The molecule has 0 aromatic heterocycles. The second kappa shape index (κ2) is 7.40. The molecule has 3 amide bonds. The Labute approximate surface area is 159 Å². The van der Waals surface area contributed by atoms with Crippen LogP contribution in [0.3, 0.4) is 0 Å². The van der Waals surface area contributed by atoms with Crippen LogP contribution in [0.15, 0.2) is 24.3 Å². The highest BCUT2D eigenvalue weighted by Gasteiger charge is 2.44. The Morgan fingerprint density at radius 1 is 1.04 bits per heavy atom. The van der Waals surface area contributed by atoms with Crippen molar-refractivity contribution in [2.24, 2.45) is 0 Å². The van der Waals surface area contributed by atoms with Crippen molar-refractivity contribution in [1.29, 1.82) is 0 Å². The Morgan fingerprint density at radius 2 is 1.74 bits per heavy atom. The lowest BCUT2D eigenvalue weighted by Crippen LogP contribution is -2.53. The van der Waals surface area contributed by atoms with E-state index in [0.29, 0.717) is 24.2 Å². The molecule has 7 heteroatoms. The van der Waals surface area contributed by atoms with Crippen LogP contribution in [-0.4, -0.2) is 84.3 Å². The van der Waals surface area contributed by atoms with Crippen LogP contribution in [0.2, 0.25) is 0 Å². The lowest BCUT2D eigenvalue weighted by Gasteiger charge is -2.34. The molecule has 0 bridgehead atoms. The summed E-state index contributed by atoms with van der Waals surface area (Å²) in [5.41, 5.74) is 0.874. The van der Waals surface area contributed by atoms with Crippen LogP contribution in [0.5, 0.6) is 0 Å². The molecular weight excluding hydrogens is 344 g/mol. The Balaban J connectivity index is 1.60. The first-order valence-corrected chi connectivity index (χ1v) is 9.81. The zero-order valence-electron chi connectivity index (χ0n) is 15.8. The molecule has 0 spiro atoms. The number of carbonyl (C=O) groups is 3. The average molecular weight is 370 g/mol. The van der Waals surface area contributed by atoms with Gasteiger partial charge in [0.15, 0.2) is 0 Å². The van der Waals surface area contributed by atoms with Gasteiger partial charge in [-0.05, 0) is 31.5 Å². The smallest absolute Gasteiger partial charge is 0.256 e. The Kier molecular flexibility index (Phi) is 4.97. The fourth-order valence-corrected chi connectivity index (χ4v) is 4.32. The number of benzene rings is 1. The van der Waals surface area contributed by atoms with Crippen LogP contribution in [0.1, 0.15) is 30.1 Å². The quantitative estimate of drug-likeness (QED) is 0.788. The van der Waals surface area contributed by atoms with Gasteiger partial charge >= 0.3 is 0 Å². The molecule has 2 fully saturated rings. The standard InChI is InChI=1S/C20H26N4O3/c1-2-21-10-12-22(13-11-21)14-18(25)24-16-7-4-3-6-15(16)19(26)23-9-5-8-17(23)20(24)27/h3-4,6-7,17H,2,5,8-14H2,1H3/t17-/m0/s1. The van der Waals surface area contributed by atoms with E-state index in [1.165, 1.54) is 4.90 Å². The fraction of sp³-hybridized carbons (Fsp3) is 0.550. The van der Waals surface area contributed by atoms with Gasteiger partial charge in [0.1, 0.15) is 6.04 Å². The summed E-state index contributed by atoms with van der Waals surface area (Å²) >= 11 is 0. The average Bonchev–Trinajstić information content (AvgIpc) is 3.15. The summed E-state index contributed by atoms with van der Waals surface area (Å²) in [4.78, 5) is 46.6. The minimum Gasteiger partial charge on any atom is -0.327 e. The summed E-state index contributed by atoms with van der Waals surface area (Å²) < 4.78 is 0. The van der Waals surface area contributed by atoms with Crippen molar-refractivity contribution in [3.05, 3.63) is 29.8 Å².